The van der Waals surface area contributed by atoms with Gasteiger partial charge in [-0.05, 0) is 49.8 Å². The number of nitrogens with one attached hydrogen (secondary N) is 2. The van der Waals surface area contributed by atoms with Crippen LogP contribution in [0.15, 0.2) is 23.1 Å². The molecular formula is C15H23N3O4S. The number of anilines is 1. The van der Waals surface area contributed by atoms with Crippen molar-refractivity contribution in [2.45, 2.75) is 31.1 Å². The predicted molar refractivity (Wildman–Crippen MR) is 87.7 cm³/mol. The second-order valence-corrected chi connectivity index (χ2v) is 7.34. The molecule has 1 fully saturated rings. The number of carbonyl (C=O) groups is 1. The molecule has 0 aromatic heterocycles. The molecule has 0 bridgehead atoms. The van der Waals surface area contributed by atoms with Gasteiger partial charge in [-0.3, -0.25) is 0 Å². The van der Waals surface area contributed by atoms with Gasteiger partial charge in [-0.2, -0.15) is 0 Å². The van der Waals surface area contributed by atoms with E-state index in [2.05, 4.69) is 10.6 Å². The maximum absolute atomic E-state index is 11.9. The minimum Gasteiger partial charge on any atom is -0.381 e. The Labute approximate surface area is 136 Å². The second kappa shape index (κ2) is 7.76. The van der Waals surface area contributed by atoms with Gasteiger partial charge in [0, 0.05) is 25.4 Å². The highest BCUT2D eigenvalue weighted by atomic mass is 32.2. The molecule has 1 aliphatic rings. The van der Waals surface area contributed by atoms with E-state index in [4.69, 9.17) is 9.88 Å². The minimum absolute atomic E-state index is 0.0299. The lowest BCUT2D eigenvalue weighted by Crippen LogP contribution is -2.32. The zero-order valence-corrected chi connectivity index (χ0v) is 14.0. The Balaban J connectivity index is 1.87. The molecule has 1 aliphatic heterocycles. The summed E-state index contributed by atoms with van der Waals surface area (Å²) in [4.78, 5) is 11.9. The van der Waals surface area contributed by atoms with E-state index < -0.39 is 10.0 Å². The summed E-state index contributed by atoms with van der Waals surface area (Å²) < 4.78 is 28.1. The summed E-state index contributed by atoms with van der Waals surface area (Å²) >= 11 is 0. The summed E-state index contributed by atoms with van der Waals surface area (Å²) in [5.41, 5.74) is 1.18. The summed E-state index contributed by atoms with van der Waals surface area (Å²) in [5.74, 6) is 0.483. The van der Waals surface area contributed by atoms with Gasteiger partial charge in [0.15, 0.2) is 0 Å². The first-order valence-corrected chi connectivity index (χ1v) is 9.17. The zero-order chi connectivity index (χ0) is 16.9. The number of carbonyl (C=O) groups excluding carboxylic acids is 1. The van der Waals surface area contributed by atoms with E-state index in [9.17, 15) is 13.2 Å². The average molecular weight is 341 g/mol. The fraction of sp³-hybridized carbons (Fsp3) is 0.533. The van der Waals surface area contributed by atoms with E-state index in [1.54, 1.807) is 13.0 Å². The quantitative estimate of drug-likeness (QED) is 0.755. The van der Waals surface area contributed by atoms with Crippen LogP contribution >= 0.6 is 0 Å². The van der Waals surface area contributed by atoms with Crippen LogP contribution in [0.5, 0.6) is 0 Å². The Kier molecular flexibility index (Phi) is 5.97. The number of primary sulfonamides is 1. The number of urea groups is 1. The molecule has 0 aliphatic carbocycles. The van der Waals surface area contributed by atoms with Gasteiger partial charge < -0.3 is 15.4 Å². The fourth-order valence-electron chi connectivity index (χ4n) is 2.50. The molecule has 0 spiro atoms. The van der Waals surface area contributed by atoms with E-state index in [0.717, 1.165) is 38.0 Å². The SMILES string of the molecule is Cc1ccc(S(N)(=O)=O)cc1NC(=O)NCC[C@@H]1CCCOC1. The van der Waals surface area contributed by atoms with E-state index in [-0.39, 0.29) is 10.9 Å². The van der Waals surface area contributed by atoms with Gasteiger partial charge >= 0.3 is 6.03 Å². The highest BCUT2D eigenvalue weighted by Crippen LogP contribution is 2.19. The van der Waals surface area contributed by atoms with E-state index >= 15 is 0 Å². The third-order valence-corrected chi connectivity index (χ3v) is 4.79. The van der Waals surface area contributed by atoms with E-state index in [0.29, 0.717) is 18.2 Å². The van der Waals surface area contributed by atoms with Gasteiger partial charge in [-0.25, -0.2) is 18.4 Å². The predicted octanol–water partition coefficient (Wildman–Crippen LogP) is 1.58. The van der Waals surface area contributed by atoms with Crippen LogP contribution in [0.25, 0.3) is 0 Å². The van der Waals surface area contributed by atoms with Crippen molar-refractivity contribution < 1.29 is 17.9 Å². The molecule has 1 aromatic rings. The Bertz CT molecular complexity index is 655. The number of hydrogen-bond acceptors (Lipinski definition) is 4. The lowest BCUT2D eigenvalue weighted by Gasteiger charge is -2.22. The summed E-state index contributed by atoms with van der Waals surface area (Å²) in [6.07, 6.45) is 3.05. The summed E-state index contributed by atoms with van der Waals surface area (Å²) in [7, 11) is -3.79. The monoisotopic (exact) mass is 341 g/mol. The highest BCUT2D eigenvalue weighted by Gasteiger charge is 2.14. The molecule has 1 aromatic carbocycles. The third-order valence-electron chi connectivity index (χ3n) is 3.88. The Morgan fingerprint density at radius 3 is 2.87 bits per heavy atom. The molecule has 8 heteroatoms. The number of benzene rings is 1. The topological polar surface area (TPSA) is 111 Å². The van der Waals surface area contributed by atoms with Crippen LogP contribution < -0.4 is 15.8 Å². The van der Waals surface area contributed by atoms with Crippen molar-refractivity contribution in [1.82, 2.24) is 5.32 Å². The van der Waals surface area contributed by atoms with Gasteiger partial charge in [-0.15, -0.1) is 0 Å². The lowest BCUT2D eigenvalue weighted by atomic mass is 9.99. The summed E-state index contributed by atoms with van der Waals surface area (Å²) in [6, 6.07) is 4.02. The Hall–Kier alpha value is -1.64. The molecule has 4 N–H and O–H groups in total. The van der Waals surface area contributed by atoms with E-state index in [1.165, 1.54) is 12.1 Å². The molecule has 0 saturated carbocycles. The average Bonchev–Trinajstić information content (AvgIpc) is 2.49. The highest BCUT2D eigenvalue weighted by molar-refractivity contribution is 7.89. The molecule has 0 unspecified atom stereocenters. The first-order chi connectivity index (χ1) is 10.9. The largest absolute Gasteiger partial charge is 0.381 e. The number of nitrogens with two attached hydrogens (primary N) is 1. The van der Waals surface area contributed by atoms with Crippen LogP contribution in [-0.4, -0.2) is 34.2 Å². The number of aryl methyl sites for hydroxylation is 1. The van der Waals surface area contributed by atoms with Crippen molar-refractivity contribution in [2.75, 3.05) is 25.1 Å². The molecule has 7 nitrogen and oxygen atoms in total. The molecule has 2 rings (SSSR count). The van der Waals surface area contributed by atoms with Crippen molar-refractivity contribution in [3.05, 3.63) is 23.8 Å². The summed E-state index contributed by atoms with van der Waals surface area (Å²) in [6.45, 7) is 3.90. The van der Waals surface area contributed by atoms with Crippen molar-refractivity contribution >= 4 is 21.7 Å². The van der Waals surface area contributed by atoms with Crippen LogP contribution in [0.2, 0.25) is 0 Å². The number of amides is 2. The molecule has 128 valence electrons. The van der Waals surface area contributed by atoms with Crippen LogP contribution in [0.3, 0.4) is 0 Å². The van der Waals surface area contributed by atoms with Gasteiger partial charge in [0.2, 0.25) is 10.0 Å². The molecule has 0 radical (unpaired) electrons. The van der Waals surface area contributed by atoms with Gasteiger partial charge in [-0.1, -0.05) is 6.07 Å². The fourth-order valence-corrected chi connectivity index (χ4v) is 3.04. The maximum atomic E-state index is 11.9. The van der Waals surface area contributed by atoms with Crippen LogP contribution in [0.4, 0.5) is 10.5 Å². The molecule has 1 atom stereocenters. The number of ether oxygens (including phenoxy) is 1. The molecule has 1 saturated heterocycles. The van der Waals surface area contributed by atoms with E-state index in [1.807, 2.05) is 0 Å². The van der Waals surface area contributed by atoms with Crippen LogP contribution in [0.1, 0.15) is 24.8 Å². The number of rotatable bonds is 5. The van der Waals surface area contributed by atoms with Crippen LogP contribution in [0, 0.1) is 12.8 Å². The molecular weight excluding hydrogens is 318 g/mol. The van der Waals surface area contributed by atoms with Crippen molar-refractivity contribution in [3.63, 3.8) is 0 Å². The first kappa shape index (κ1) is 17.7. The minimum atomic E-state index is -3.79. The van der Waals surface area contributed by atoms with Crippen LogP contribution in [-0.2, 0) is 14.8 Å². The van der Waals surface area contributed by atoms with Crippen molar-refractivity contribution in [3.8, 4) is 0 Å². The number of hydrogen-bond donors (Lipinski definition) is 3. The normalized spacial score (nSPS) is 18.4. The van der Waals surface area contributed by atoms with Gasteiger partial charge in [0.05, 0.1) is 4.90 Å². The third kappa shape index (κ3) is 5.49. The number of sulfonamides is 1. The smallest absolute Gasteiger partial charge is 0.319 e. The standard InChI is InChI=1S/C15H23N3O4S/c1-11-4-5-13(23(16,20)21)9-14(11)18-15(19)17-7-6-12-3-2-8-22-10-12/h4-5,9,12H,2-3,6-8,10H2,1H3,(H2,16,20,21)(H2,17,18,19)/t12-/m0/s1. The lowest BCUT2D eigenvalue weighted by molar-refractivity contribution is 0.0520. The Morgan fingerprint density at radius 2 is 2.22 bits per heavy atom. The first-order valence-electron chi connectivity index (χ1n) is 7.62. The zero-order valence-electron chi connectivity index (χ0n) is 13.2. The molecule has 1 heterocycles. The molecule has 23 heavy (non-hydrogen) atoms. The summed E-state index contributed by atoms with van der Waals surface area (Å²) in [5, 5.41) is 10.5. The maximum Gasteiger partial charge on any atom is 0.319 e. The van der Waals surface area contributed by atoms with Crippen molar-refractivity contribution in [2.24, 2.45) is 11.1 Å². The van der Waals surface area contributed by atoms with Gasteiger partial charge in [0.1, 0.15) is 0 Å². The van der Waals surface area contributed by atoms with Gasteiger partial charge in [0.25, 0.3) is 0 Å². The van der Waals surface area contributed by atoms with Crippen molar-refractivity contribution in [1.29, 1.82) is 0 Å². The Morgan fingerprint density at radius 1 is 1.43 bits per heavy atom. The molecule has 2 amide bonds. The second-order valence-electron chi connectivity index (χ2n) is 5.77.